The lowest BCUT2D eigenvalue weighted by molar-refractivity contribution is -0.137. The zero-order valence-electron chi connectivity index (χ0n) is 22.8. The zero-order chi connectivity index (χ0) is 28.8. The summed E-state index contributed by atoms with van der Waals surface area (Å²) in [6.07, 6.45) is -3.00. The van der Waals surface area contributed by atoms with Crippen LogP contribution in [-0.2, 0) is 12.0 Å². The number of methoxy groups -OCH3 is 1. The number of hydrogen-bond acceptors (Lipinski definition) is 7. The number of halogens is 3. The van der Waals surface area contributed by atoms with E-state index in [9.17, 15) is 13.2 Å². The minimum atomic E-state index is -4.49. The monoisotopic (exact) mass is 553 g/mol. The number of benzene rings is 3. The van der Waals surface area contributed by atoms with Crippen molar-refractivity contribution < 1.29 is 22.6 Å². The van der Waals surface area contributed by atoms with E-state index in [1.807, 2.05) is 36.4 Å². The number of likely N-dealkylation sites (N-methyl/N-ethyl adjacent to an activating group) is 1. The topological polar surface area (TPSA) is 84.1 Å². The minimum absolute atomic E-state index is 0.322. The van der Waals surface area contributed by atoms with Gasteiger partial charge in [0.05, 0.1) is 18.4 Å². The van der Waals surface area contributed by atoms with Gasteiger partial charge in [-0.05, 0) is 67.2 Å². The average molecular weight is 554 g/mol. The summed E-state index contributed by atoms with van der Waals surface area (Å²) in [5, 5.41) is 6.46. The van der Waals surface area contributed by atoms with Gasteiger partial charge in [-0.25, -0.2) is 4.99 Å². The lowest BCUT2D eigenvalue weighted by Gasteiger charge is -2.34. The molecule has 0 spiro atoms. The Hall–Kier alpha value is -4.02. The van der Waals surface area contributed by atoms with Crippen molar-refractivity contribution in [2.24, 2.45) is 10.7 Å². The molecule has 4 rings (SSSR count). The quantitative estimate of drug-likeness (QED) is 0.284. The number of aliphatic imine (C=N–C) groups is 1. The van der Waals surface area contributed by atoms with Crippen molar-refractivity contribution in [2.45, 2.75) is 25.8 Å². The molecule has 0 saturated carbocycles. The number of nitrogens with two attached hydrogens (primary N) is 1. The van der Waals surface area contributed by atoms with Crippen LogP contribution in [0.25, 0.3) is 5.57 Å². The predicted molar refractivity (Wildman–Crippen MR) is 152 cm³/mol. The third kappa shape index (κ3) is 6.75. The third-order valence-electron chi connectivity index (χ3n) is 6.71. The van der Waals surface area contributed by atoms with Crippen LogP contribution in [-0.4, -0.2) is 44.5 Å². The number of allylic oxidation sites excluding steroid dienone is 1. The Morgan fingerprint density at radius 2 is 1.73 bits per heavy atom. The molecule has 10 heteroatoms. The fraction of sp³-hybridized carbons (Fsp3) is 0.300. The van der Waals surface area contributed by atoms with Gasteiger partial charge in [0, 0.05) is 23.9 Å². The van der Waals surface area contributed by atoms with Crippen LogP contribution in [0.3, 0.4) is 0 Å². The fourth-order valence-electron chi connectivity index (χ4n) is 4.37. The van der Waals surface area contributed by atoms with E-state index in [0.29, 0.717) is 46.3 Å². The Morgan fingerprint density at radius 1 is 1.00 bits per heavy atom. The molecule has 1 atom stereocenters. The number of nitrogens with one attached hydrogen (secondary N) is 2. The normalized spacial score (nSPS) is 17.1. The summed E-state index contributed by atoms with van der Waals surface area (Å²) in [6, 6.07) is 19.6. The summed E-state index contributed by atoms with van der Waals surface area (Å²) in [5.41, 5.74) is 7.94. The molecule has 0 aliphatic carbocycles. The Balaban J connectivity index is 1.64. The molecule has 1 unspecified atom stereocenters. The van der Waals surface area contributed by atoms with E-state index in [4.69, 9.17) is 15.2 Å². The highest BCUT2D eigenvalue weighted by atomic mass is 19.4. The average Bonchev–Trinajstić information content (AvgIpc) is 2.96. The Bertz CT molecular complexity index is 1350. The van der Waals surface area contributed by atoms with E-state index in [2.05, 4.69) is 34.4 Å². The molecular formula is C30H34F3N5O2. The second-order valence-electron chi connectivity index (χ2n) is 9.24. The van der Waals surface area contributed by atoms with Crippen molar-refractivity contribution >= 4 is 17.5 Å². The number of ether oxygens (including phenoxy) is 2. The standard InChI is InChI=1S/C30H34F3N5O2/c1-4-38(5-2)17-18-40-24-15-13-22(14-16-24)30(34)35-20-25(21-9-8-10-23(19-21)29(31,32)33)28(37-30)36-26-11-6-7-12-27(26)39-3/h6-16,19-20,36-37H,4-5,17-18,34H2,1-3H3. The van der Waals surface area contributed by atoms with E-state index in [0.717, 1.165) is 31.8 Å². The zero-order valence-corrected chi connectivity index (χ0v) is 22.8. The number of rotatable bonds is 11. The maximum Gasteiger partial charge on any atom is 0.416 e. The molecule has 0 saturated heterocycles. The van der Waals surface area contributed by atoms with Gasteiger partial charge in [-0.3, -0.25) is 5.73 Å². The van der Waals surface area contributed by atoms with Crippen molar-refractivity contribution in [3.63, 3.8) is 0 Å². The van der Waals surface area contributed by atoms with Crippen LogP contribution in [0.1, 0.15) is 30.5 Å². The van der Waals surface area contributed by atoms with Crippen LogP contribution in [0.4, 0.5) is 18.9 Å². The van der Waals surface area contributed by atoms with Gasteiger partial charge in [-0.2, -0.15) is 13.2 Å². The SMILES string of the molecule is CCN(CC)CCOc1ccc(C2(N)N=CC(c3cccc(C(F)(F)F)c3)=C(Nc3ccccc3OC)N2)cc1. The second-order valence-corrected chi connectivity index (χ2v) is 9.24. The first-order chi connectivity index (χ1) is 19.2. The summed E-state index contributed by atoms with van der Waals surface area (Å²) >= 11 is 0. The lowest BCUT2D eigenvalue weighted by atomic mass is 10.00. The first-order valence-corrected chi connectivity index (χ1v) is 13.1. The molecule has 0 radical (unpaired) electrons. The fourth-order valence-corrected chi connectivity index (χ4v) is 4.37. The molecule has 4 N–H and O–H groups in total. The van der Waals surface area contributed by atoms with E-state index in [1.54, 1.807) is 18.2 Å². The smallest absolute Gasteiger partial charge is 0.416 e. The number of para-hydroxylation sites is 2. The van der Waals surface area contributed by atoms with Crippen molar-refractivity contribution in [3.05, 3.63) is 95.3 Å². The number of hydrogen-bond donors (Lipinski definition) is 3. The van der Waals surface area contributed by atoms with Gasteiger partial charge < -0.3 is 25.0 Å². The Kier molecular flexibility index (Phi) is 9.01. The molecule has 40 heavy (non-hydrogen) atoms. The molecule has 0 amide bonds. The van der Waals surface area contributed by atoms with Crippen molar-refractivity contribution in [1.82, 2.24) is 10.2 Å². The summed E-state index contributed by atoms with van der Waals surface area (Å²) in [6.45, 7) is 7.52. The highest BCUT2D eigenvalue weighted by Crippen LogP contribution is 2.34. The van der Waals surface area contributed by atoms with Crippen LogP contribution in [0.5, 0.6) is 11.5 Å². The van der Waals surface area contributed by atoms with Gasteiger partial charge in [-0.1, -0.05) is 38.1 Å². The van der Waals surface area contributed by atoms with Crippen LogP contribution in [0.2, 0.25) is 0 Å². The molecular weight excluding hydrogens is 519 g/mol. The van der Waals surface area contributed by atoms with Crippen molar-refractivity contribution in [2.75, 3.05) is 38.7 Å². The predicted octanol–water partition coefficient (Wildman–Crippen LogP) is 5.66. The largest absolute Gasteiger partial charge is 0.495 e. The number of alkyl halides is 3. The van der Waals surface area contributed by atoms with Crippen LogP contribution >= 0.6 is 0 Å². The molecule has 3 aromatic rings. The molecule has 0 aromatic heterocycles. The molecule has 1 aliphatic rings. The van der Waals surface area contributed by atoms with E-state index < -0.39 is 17.5 Å². The van der Waals surface area contributed by atoms with Gasteiger partial charge in [0.1, 0.15) is 23.9 Å². The maximum atomic E-state index is 13.5. The summed E-state index contributed by atoms with van der Waals surface area (Å²) in [5.74, 6) is 0.235. The molecule has 7 nitrogen and oxygen atoms in total. The van der Waals surface area contributed by atoms with E-state index in [-0.39, 0.29) is 0 Å². The van der Waals surface area contributed by atoms with Gasteiger partial charge >= 0.3 is 6.18 Å². The molecule has 212 valence electrons. The van der Waals surface area contributed by atoms with Crippen molar-refractivity contribution in [1.29, 1.82) is 0 Å². The Morgan fingerprint density at radius 3 is 2.40 bits per heavy atom. The summed E-state index contributed by atoms with van der Waals surface area (Å²) in [7, 11) is 1.54. The molecule has 3 aromatic carbocycles. The van der Waals surface area contributed by atoms with E-state index in [1.165, 1.54) is 19.4 Å². The first-order valence-electron chi connectivity index (χ1n) is 13.1. The first kappa shape index (κ1) is 29.0. The summed E-state index contributed by atoms with van der Waals surface area (Å²) in [4.78, 5) is 6.81. The van der Waals surface area contributed by atoms with E-state index >= 15 is 0 Å². The molecule has 0 bridgehead atoms. The number of anilines is 1. The van der Waals surface area contributed by atoms with Crippen LogP contribution < -0.4 is 25.8 Å². The minimum Gasteiger partial charge on any atom is -0.495 e. The van der Waals surface area contributed by atoms with Gasteiger partial charge in [-0.15, -0.1) is 0 Å². The Labute approximate surface area is 232 Å². The third-order valence-corrected chi connectivity index (χ3v) is 6.71. The van der Waals surface area contributed by atoms with Gasteiger partial charge in [0.2, 0.25) is 5.79 Å². The van der Waals surface area contributed by atoms with Crippen LogP contribution in [0.15, 0.2) is 83.6 Å². The van der Waals surface area contributed by atoms with Crippen molar-refractivity contribution in [3.8, 4) is 11.5 Å². The maximum absolute atomic E-state index is 13.5. The highest BCUT2D eigenvalue weighted by molar-refractivity contribution is 6.12. The lowest BCUT2D eigenvalue weighted by Crippen LogP contribution is -2.51. The highest BCUT2D eigenvalue weighted by Gasteiger charge is 2.34. The number of nitrogens with zero attached hydrogens (tertiary/aromatic N) is 2. The molecule has 1 aliphatic heterocycles. The second kappa shape index (κ2) is 12.4. The van der Waals surface area contributed by atoms with Gasteiger partial charge in [0.15, 0.2) is 0 Å². The molecule has 0 fully saturated rings. The van der Waals surface area contributed by atoms with Crippen LogP contribution in [0, 0.1) is 0 Å². The van der Waals surface area contributed by atoms with Gasteiger partial charge in [0.25, 0.3) is 0 Å². The molecule has 1 heterocycles. The summed E-state index contributed by atoms with van der Waals surface area (Å²) < 4.78 is 51.8.